The molecule has 0 aromatic heterocycles. The predicted octanol–water partition coefficient (Wildman–Crippen LogP) is -7.65. The molecule has 2 aliphatic rings. The minimum atomic E-state index is -2.00. The van der Waals surface area contributed by atoms with Crippen molar-refractivity contribution < 1.29 is 79.6 Å². The molecule has 2 amide bonds. The number of carbonyl (C=O) groups excluding carboxylic acids is 2. The second-order valence-corrected chi connectivity index (χ2v) is 9.57. The molecule has 18 heteroatoms. The zero-order valence-electron chi connectivity index (χ0n) is 21.8. The molecule has 234 valence electrons. The number of hydrogen-bond acceptors (Lipinski definition) is 16. The highest BCUT2D eigenvalue weighted by Crippen LogP contribution is 2.30. The SMILES string of the molecule is CC(=O)N[C@H]1[C@H](O[C@@H]2[C@H](O)[C@@H](O)[C@@H](O[C@H]([C@@H](O)[C@H](O)CO)[C@H](CO)NC(C)=O)O[C@@H]2CO)O[C@H](CO)[C@@H](O)[C@@H]1O. The number of rotatable bonds is 13. The van der Waals surface area contributed by atoms with Gasteiger partial charge in [-0.05, 0) is 0 Å². The van der Waals surface area contributed by atoms with E-state index < -0.39 is 124 Å². The lowest BCUT2D eigenvalue weighted by Crippen LogP contribution is -2.68. The van der Waals surface area contributed by atoms with Crippen LogP contribution in [0.2, 0.25) is 0 Å². The quantitative estimate of drug-likeness (QED) is 0.0950. The normalized spacial score (nSPS) is 37.7. The topological polar surface area (TPSA) is 297 Å². The summed E-state index contributed by atoms with van der Waals surface area (Å²) in [5, 5.41) is 106. The molecule has 14 atom stereocenters. The van der Waals surface area contributed by atoms with Crippen molar-refractivity contribution in [3.05, 3.63) is 0 Å². The molecule has 0 aliphatic carbocycles. The molecular formula is C22H40N2O16. The van der Waals surface area contributed by atoms with Crippen LogP contribution < -0.4 is 10.6 Å². The molecule has 2 heterocycles. The van der Waals surface area contributed by atoms with E-state index in [4.69, 9.17) is 18.9 Å². The summed E-state index contributed by atoms with van der Waals surface area (Å²) in [6.45, 7) is -1.22. The zero-order valence-corrected chi connectivity index (χ0v) is 21.8. The maximum Gasteiger partial charge on any atom is 0.217 e. The summed E-state index contributed by atoms with van der Waals surface area (Å²) in [6.07, 6.45) is -20.7. The number of aliphatic hydroxyl groups excluding tert-OH is 10. The third kappa shape index (κ3) is 8.23. The molecule has 2 rings (SSSR count). The van der Waals surface area contributed by atoms with E-state index >= 15 is 0 Å². The highest BCUT2D eigenvalue weighted by molar-refractivity contribution is 5.73. The van der Waals surface area contributed by atoms with Crippen molar-refractivity contribution in [3.8, 4) is 0 Å². The average Bonchev–Trinajstić information content (AvgIpc) is 2.92. The highest BCUT2D eigenvalue weighted by atomic mass is 16.7. The molecule has 0 aromatic carbocycles. The van der Waals surface area contributed by atoms with Gasteiger partial charge in [-0.25, -0.2) is 0 Å². The summed E-state index contributed by atoms with van der Waals surface area (Å²) in [6, 6.07) is -2.81. The molecule has 0 radical (unpaired) electrons. The number of ether oxygens (including phenoxy) is 4. The molecule has 18 nitrogen and oxygen atoms in total. The Labute approximate surface area is 228 Å². The summed E-state index contributed by atoms with van der Waals surface area (Å²) in [7, 11) is 0. The lowest BCUT2D eigenvalue weighted by Gasteiger charge is -2.47. The van der Waals surface area contributed by atoms with Gasteiger partial charge in [0.2, 0.25) is 11.8 Å². The number of aliphatic hydroxyl groups is 10. The smallest absolute Gasteiger partial charge is 0.217 e. The number of nitrogens with one attached hydrogen (secondary N) is 2. The molecule has 2 aliphatic heterocycles. The fourth-order valence-electron chi connectivity index (χ4n) is 4.46. The van der Waals surface area contributed by atoms with E-state index in [1.165, 1.54) is 0 Å². The van der Waals surface area contributed by atoms with Crippen LogP contribution in [0.3, 0.4) is 0 Å². The Kier molecular flexibility index (Phi) is 13.5. The molecular weight excluding hydrogens is 548 g/mol. The molecule has 0 bridgehead atoms. The monoisotopic (exact) mass is 588 g/mol. The first-order chi connectivity index (χ1) is 18.8. The van der Waals surface area contributed by atoms with Crippen LogP contribution >= 0.6 is 0 Å². The second-order valence-electron chi connectivity index (χ2n) is 9.57. The summed E-state index contributed by atoms with van der Waals surface area (Å²) in [5.41, 5.74) is 0. The van der Waals surface area contributed by atoms with Gasteiger partial charge in [0, 0.05) is 13.8 Å². The van der Waals surface area contributed by atoms with Crippen LogP contribution in [-0.4, -0.2) is 175 Å². The van der Waals surface area contributed by atoms with Gasteiger partial charge in [0.05, 0.1) is 32.5 Å². The average molecular weight is 589 g/mol. The molecule has 12 N–H and O–H groups in total. The van der Waals surface area contributed by atoms with E-state index in [1.807, 2.05) is 0 Å². The van der Waals surface area contributed by atoms with E-state index in [9.17, 15) is 60.7 Å². The van der Waals surface area contributed by atoms with Gasteiger partial charge in [-0.3, -0.25) is 9.59 Å². The summed E-state index contributed by atoms with van der Waals surface area (Å²) in [4.78, 5) is 23.2. The fourth-order valence-corrected chi connectivity index (χ4v) is 4.46. The molecule has 40 heavy (non-hydrogen) atoms. The molecule has 2 saturated heterocycles. The van der Waals surface area contributed by atoms with Gasteiger partial charge in [-0.1, -0.05) is 0 Å². The van der Waals surface area contributed by atoms with Gasteiger partial charge in [0.25, 0.3) is 0 Å². The Balaban J connectivity index is 2.30. The predicted molar refractivity (Wildman–Crippen MR) is 127 cm³/mol. The van der Waals surface area contributed by atoms with Crippen molar-refractivity contribution in [3.63, 3.8) is 0 Å². The van der Waals surface area contributed by atoms with Crippen LogP contribution in [0.5, 0.6) is 0 Å². The molecule has 0 saturated carbocycles. The van der Waals surface area contributed by atoms with Crippen molar-refractivity contribution in [2.75, 3.05) is 26.4 Å². The maximum absolute atomic E-state index is 11.7. The van der Waals surface area contributed by atoms with E-state index in [0.29, 0.717) is 0 Å². The largest absolute Gasteiger partial charge is 0.394 e. The van der Waals surface area contributed by atoms with E-state index in [1.54, 1.807) is 0 Å². The first-order valence-corrected chi connectivity index (χ1v) is 12.5. The Morgan fingerprint density at radius 2 is 1.40 bits per heavy atom. The van der Waals surface area contributed by atoms with Crippen LogP contribution in [0.15, 0.2) is 0 Å². The van der Waals surface area contributed by atoms with Gasteiger partial charge < -0.3 is 80.6 Å². The number of carbonyl (C=O) groups is 2. The Morgan fingerprint density at radius 1 is 0.800 bits per heavy atom. The minimum absolute atomic E-state index is 0.657. The molecule has 0 aromatic rings. The number of amides is 2. The lowest BCUT2D eigenvalue weighted by molar-refractivity contribution is -0.356. The van der Waals surface area contributed by atoms with Crippen LogP contribution in [0.4, 0.5) is 0 Å². The van der Waals surface area contributed by atoms with Crippen LogP contribution in [0.1, 0.15) is 13.8 Å². The van der Waals surface area contributed by atoms with Gasteiger partial charge in [0.15, 0.2) is 12.6 Å². The minimum Gasteiger partial charge on any atom is -0.394 e. The van der Waals surface area contributed by atoms with E-state index in [0.717, 1.165) is 13.8 Å². The highest BCUT2D eigenvalue weighted by Gasteiger charge is 2.52. The third-order valence-electron chi connectivity index (χ3n) is 6.55. The summed E-state index contributed by atoms with van der Waals surface area (Å²) in [5.74, 6) is -1.32. The van der Waals surface area contributed by atoms with Crippen molar-refractivity contribution >= 4 is 11.8 Å². The Bertz CT molecular complexity index is 807. The maximum atomic E-state index is 11.7. The van der Waals surface area contributed by atoms with Crippen LogP contribution in [0.25, 0.3) is 0 Å². The summed E-state index contributed by atoms with van der Waals surface area (Å²) >= 11 is 0. The van der Waals surface area contributed by atoms with Crippen LogP contribution in [-0.2, 0) is 28.5 Å². The third-order valence-corrected chi connectivity index (χ3v) is 6.55. The number of hydrogen-bond donors (Lipinski definition) is 12. The van der Waals surface area contributed by atoms with Gasteiger partial charge in [-0.15, -0.1) is 0 Å². The van der Waals surface area contributed by atoms with Crippen molar-refractivity contribution in [1.82, 2.24) is 10.6 Å². The van der Waals surface area contributed by atoms with Gasteiger partial charge in [0.1, 0.15) is 67.1 Å². The second kappa shape index (κ2) is 15.6. The van der Waals surface area contributed by atoms with Crippen molar-refractivity contribution in [2.45, 2.75) is 99.6 Å². The lowest BCUT2D eigenvalue weighted by atomic mass is 9.95. The first kappa shape index (κ1) is 34.6. The van der Waals surface area contributed by atoms with E-state index in [2.05, 4.69) is 10.6 Å². The van der Waals surface area contributed by atoms with E-state index in [-0.39, 0.29) is 0 Å². The van der Waals surface area contributed by atoms with Crippen LogP contribution in [0, 0.1) is 0 Å². The van der Waals surface area contributed by atoms with Gasteiger partial charge >= 0.3 is 0 Å². The van der Waals surface area contributed by atoms with Crippen molar-refractivity contribution in [1.29, 1.82) is 0 Å². The molecule has 0 spiro atoms. The fraction of sp³-hybridized carbons (Fsp3) is 0.909. The Hall–Kier alpha value is -1.62. The molecule has 0 unspecified atom stereocenters. The summed E-state index contributed by atoms with van der Waals surface area (Å²) < 4.78 is 22.2. The van der Waals surface area contributed by atoms with Gasteiger partial charge in [-0.2, -0.15) is 0 Å². The zero-order chi connectivity index (χ0) is 30.3. The van der Waals surface area contributed by atoms with Crippen molar-refractivity contribution in [2.24, 2.45) is 0 Å². The Morgan fingerprint density at radius 3 is 1.90 bits per heavy atom. The standard InChI is InChI=1S/C22H40N2O16/c1-7(29)23-9(3-25)19(14(32)10(31)4-26)39-22-18(36)17(35)20(12(6-28)38-22)40-21-13(24-8(2)30)16(34)15(33)11(5-27)37-21/h9-22,25-28,31-36H,3-6H2,1-2H3,(H,23,29)(H,24,30)/t9-,10+,11+,12+,13+,14-,15+,16+,17+,18+,19-,20-,21-,22+/m0/s1. The first-order valence-electron chi connectivity index (χ1n) is 12.5. The molecule has 2 fully saturated rings.